The van der Waals surface area contributed by atoms with Crippen LogP contribution >= 0.6 is 0 Å². The van der Waals surface area contributed by atoms with Crippen LogP contribution in [0.25, 0.3) is 0 Å². The van der Waals surface area contributed by atoms with Gasteiger partial charge in [0.25, 0.3) is 0 Å². The molecule has 10 nitrogen and oxygen atoms in total. The van der Waals surface area contributed by atoms with Gasteiger partial charge in [0, 0.05) is 30.8 Å². The molecule has 0 aliphatic heterocycles. The van der Waals surface area contributed by atoms with Crippen LogP contribution in [0.1, 0.15) is 105 Å². The highest BCUT2D eigenvalue weighted by Gasteiger charge is 2.68. The lowest BCUT2D eigenvalue weighted by atomic mass is 9.45. The summed E-state index contributed by atoms with van der Waals surface area (Å²) in [6, 6.07) is 0.285. The highest BCUT2D eigenvalue weighted by molar-refractivity contribution is 5.92. The summed E-state index contributed by atoms with van der Waals surface area (Å²) in [5.41, 5.74) is -1.64. The number of rotatable bonds is 14. The number of unbranched alkanes of at least 4 members (excludes halogenated alkanes) is 2. The number of carbonyl (C=O) groups excluding carboxylic acids is 4. The molecule has 3 N–H and O–H groups in total. The second-order valence-corrected chi connectivity index (χ2v) is 14.5. The molecule has 0 bridgehead atoms. The van der Waals surface area contributed by atoms with Crippen LogP contribution in [0.2, 0.25) is 0 Å². The second kappa shape index (κ2) is 14.6. The smallest absolute Gasteiger partial charge is 0.434 e. The van der Waals surface area contributed by atoms with Crippen LogP contribution in [0.3, 0.4) is 0 Å². The third kappa shape index (κ3) is 7.18. The minimum Gasteiger partial charge on any atom is -0.434 e. The van der Waals surface area contributed by atoms with E-state index in [1.165, 1.54) is 0 Å². The number of aliphatic hydroxyl groups excluding tert-OH is 1. The average Bonchev–Trinajstić information content (AvgIpc) is 3.27. The van der Waals surface area contributed by atoms with E-state index in [9.17, 15) is 29.4 Å². The SMILES string of the molecule is CCN(CC)C(C)CNC(=O)CCCCCOC(=O)OCC(=O)[C@@]1(O)CC[C@H]2[C@@H]3CCC4=CC(=O)CC[C@]4(C)[C@H]3[C@H](O)C[C@@]21C. The van der Waals surface area contributed by atoms with Gasteiger partial charge in [-0.2, -0.15) is 0 Å². The average molecular weight is 633 g/mol. The molecule has 0 heterocycles. The van der Waals surface area contributed by atoms with E-state index in [1.54, 1.807) is 6.08 Å². The number of likely N-dealkylation sites (N-methyl/N-ethyl adjacent to an activating group) is 1. The van der Waals surface area contributed by atoms with Crippen LogP contribution in [-0.2, 0) is 23.9 Å². The summed E-state index contributed by atoms with van der Waals surface area (Å²) in [4.78, 5) is 52.2. The predicted molar refractivity (Wildman–Crippen MR) is 169 cm³/mol. The first kappa shape index (κ1) is 35.6. The number of nitrogens with one attached hydrogen (secondary N) is 1. The molecule has 0 aromatic rings. The Morgan fingerprint density at radius 3 is 2.51 bits per heavy atom. The van der Waals surface area contributed by atoms with Crippen LogP contribution in [0, 0.1) is 28.6 Å². The molecule has 10 heteroatoms. The summed E-state index contributed by atoms with van der Waals surface area (Å²) in [7, 11) is 0. The molecule has 0 radical (unpaired) electrons. The lowest BCUT2D eigenvalue weighted by Crippen LogP contribution is -2.62. The fraction of sp³-hybridized carbons (Fsp3) is 0.829. The van der Waals surface area contributed by atoms with Crippen molar-refractivity contribution >= 4 is 23.6 Å². The van der Waals surface area contributed by atoms with Gasteiger partial charge in [-0.25, -0.2) is 4.79 Å². The van der Waals surface area contributed by atoms with Crippen LogP contribution < -0.4 is 5.32 Å². The van der Waals surface area contributed by atoms with E-state index >= 15 is 0 Å². The Hall–Kier alpha value is -2.30. The molecule has 0 spiro atoms. The molecule has 45 heavy (non-hydrogen) atoms. The third-order valence-corrected chi connectivity index (χ3v) is 12.1. The van der Waals surface area contributed by atoms with Crippen molar-refractivity contribution in [2.24, 2.45) is 28.6 Å². The van der Waals surface area contributed by atoms with Gasteiger partial charge < -0.3 is 25.0 Å². The molecule has 3 fully saturated rings. The molecule has 4 aliphatic carbocycles. The largest absolute Gasteiger partial charge is 0.508 e. The van der Waals surface area contributed by atoms with Crippen molar-refractivity contribution in [3.05, 3.63) is 11.6 Å². The minimum atomic E-state index is -1.70. The summed E-state index contributed by atoms with van der Waals surface area (Å²) in [6.45, 7) is 12.4. The van der Waals surface area contributed by atoms with Gasteiger partial charge in [-0.05, 0) is 107 Å². The quantitative estimate of drug-likeness (QED) is 0.188. The minimum absolute atomic E-state index is 0.0111. The predicted octanol–water partition coefficient (Wildman–Crippen LogP) is 4.35. The summed E-state index contributed by atoms with van der Waals surface area (Å²) in [5.74, 6) is -0.198. The molecule has 0 aromatic carbocycles. The van der Waals surface area contributed by atoms with Crippen LogP contribution in [0.15, 0.2) is 11.6 Å². The van der Waals surface area contributed by atoms with Crippen molar-refractivity contribution in [3.8, 4) is 0 Å². The van der Waals surface area contributed by atoms with Gasteiger partial charge in [-0.3, -0.25) is 19.3 Å². The van der Waals surface area contributed by atoms with E-state index in [1.807, 2.05) is 6.92 Å². The summed E-state index contributed by atoms with van der Waals surface area (Å²) < 4.78 is 10.3. The van der Waals surface area contributed by atoms with E-state index in [2.05, 4.69) is 37.9 Å². The maximum absolute atomic E-state index is 13.4. The van der Waals surface area contributed by atoms with Crippen molar-refractivity contribution < 1.29 is 38.9 Å². The Balaban J connectivity index is 1.19. The molecule has 8 atom stereocenters. The number of Topliss-reactive ketones (excluding diaryl/α,β-unsaturated/α-hetero) is 1. The number of amides is 1. The van der Waals surface area contributed by atoms with E-state index in [4.69, 9.17) is 9.47 Å². The number of nitrogens with zero attached hydrogens (tertiary/aromatic N) is 1. The Morgan fingerprint density at radius 2 is 1.80 bits per heavy atom. The Labute approximate surface area is 268 Å². The maximum Gasteiger partial charge on any atom is 0.508 e. The molecule has 1 amide bonds. The van der Waals surface area contributed by atoms with Gasteiger partial charge in [0.1, 0.15) is 5.60 Å². The topological polar surface area (TPSA) is 142 Å². The number of carbonyl (C=O) groups is 4. The van der Waals surface area contributed by atoms with Crippen molar-refractivity contribution in [3.63, 3.8) is 0 Å². The van der Waals surface area contributed by atoms with Crippen molar-refractivity contribution in [1.82, 2.24) is 10.2 Å². The summed E-state index contributed by atoms with van der Waals surface area (Å²) in [5, 5.41) is 26.3. The molecule has 3 saturated carbocycles. The third-order valence-electron chi connectivity index (χ3n) is 12.1. The van der Waals surface area contributed by atoms with Gasteiger partial charge in [-0.15, -0.1) is 0 Å². The standard InChI is InChI=1S/C35H56N2O8/c1-6-37(7-2)23(3)21-36-30(41)11-9-8-10-18-44-32(42)45-22-29(40)35(43)17-15-27-26-13-12-24-19-25(38)14-16-33(24,4)31(26)28(39)20-34(27,35)5/h19,23,26-28,31,39,43H,6-18,20-22H2,1-5H3,(H,36,41)/t23?,26-,27-,28+,31+,33-,34-,35-/m0/s1. The number of allylic oxidation sites excluding steroid dienone is 1. The first-order valence-corrected chi connectivity index (χ1v) is 17.3. The first-order chi connectivity index (χ1) is 21.3. The van der Waals surface area contributed by atoms with Crippen LogP contribution in [0.5, 0.6) is 0 Å². The van der Waals surface area contributed by atoms with Crippen molar-refractivity contribution in [2.75, 3.05) is 32.8 Å². The monoisotopic (exact) mass is 632 g/mol. The van der Waals surface area contributed by atoms with Crippen LogP contribution in [0.4, 0.5) is 4.79 Å². The molecule has 4 aliphatic rings. The zero-order chi connectivity index (χ0) is 33.0. The van der Waals surface area contributed by atoms with Gasteiger partial charge in [0.15, 0.2) is 12.4 Å². The Bertz CT molecular complexity index is 1140. The lowest BCUT2D eigenvalue weighted by Gasteiger charge is -2.60. The van der Waals surface area contributed by atoms with E-state index in [0.29, 0.717) is 45.1 Å². The van der Waals surface area contributed by atoms with Crippen molar-refractivity contribution in [2.45, 2.75) is 123 Å². The number of hydrogen-bond donors (Lipinski definition) is 3. The summed E-state index contributed by atoms with van der Waals surface area (Å²) in [6.07, 6.45) is 6.56. The second-order valence-electron chi connectivity index (χ2n) is 14.5. The Morgan fingerprint density at radius 1 is 1.07 bits per heavy atom. The number of ether oxygens (including phenoxy) is 2. The molecule has 4 rings (SSSR count). The van der Waals surface area contributed by atoms with Gasteiger partial charge in [0.2, 0.25) is 11.7 Å². The lowest BCUT2D eigenvalue weighted by molar-refractivity contribution is -0.182. The number of ketones is 2. The molecule has 0 saturated heterocycles. The molecular formula is C35H56N2O8. The highest BCUT2D eigenvalue weighted by atomic mass is 16.7. The fourth-order valence-corrected chi connectivity index (χ4v) is 9.48. The maximum atomic E-state index is 13.4. The fourth-order valence-electron chi connectivity index (χ4n) is 9.48. The zero-order valence-electron chi connectivity index (χ0n) is 28.1. The number of aliphatic hydroxyl groups is 2. The van der Waals surface area contributed by atoms with Crippen molar-refractivity contribution in [1.29, 1.82) is 0 Å². The van der Waals surface area contributed by atoms with Crippen LogP contribution in [-0.4, -0.2) is 89.3 Å². The number of hydrogen-bond acceptors (Lipinski definition) is 9. The molecule has 254 valence electrons. The molecule has 0 aromatic heterocycles. The molecule has 1 unspecified atom stereocenters. The van der Waals surface area contributed by atoms with Gasteiger partial charge >= 0.3 is 6.16 Å². The molecular weight excluding hydrogens is 576 g/mol. The Kier molecular flexibility index (Phi) is 11.6. The number of fused-ring (bicyclic) bond motifs is 5. The van der Waals surface area contributed by atoms with Gasteiger partial charge in [-0.1, -0.05) is 33.3 Å². The zero-order valence-corrected chi connectivity index (χ0v) is 28.1. The van der Waals surface area contributed by atoms with Gasteiger partial charge in [0.05, 0.1) is 12.7 Å². The highest BCUT2D eigenvalue weighted by Crippen LogP contribution is 2.67. The van der Waals surface area contributed by atoms with E-state index in [0.717, 1.165) is 37.9 Å². The normalized spacial score (nSPS) is 34.7. The first-order valence-electron chi connectivity index (χ1n) is 17.3. The summed E-state index contributed by atoms with van der Waals surface area (Å²) >= 11 is 0. The van der Waals surface area contributed by atoms with E-state index in [-0.39, 0.29) is 60.3 Å². The van der Waals surface area contributed by atoms with E-state index < -0.39 is 35.7 Å².